The molecule has 32 heavy (non-hydrogen) atoms. The van der Waals surface area contributed by atoms with Crippen LogP contribution in [0.3, 0.4) is 0 Å². The summed E-state index contributed by atoms with van der Waals surface area (Å²) in [5.41, 5.74) is -0.00359. The zero-order valence-corrected chi connectivity index (χ0v) is 17.4. The molecule has 2 heterocycles. The zero-order valence-electron chi connectivity index (χ0n) is 16.6. The van der Waals surface area contributed by atoms with Gasteiger partial charge in [0.1, 0.15) is 30.6 Å². The third-order valence-corrected chi connectivity index (χ3v) is 5.93. The summed E-state index contributed by atoms with van der Waals surface area (Å²) in [6.45, 7) is -0.234. The van der Waals surface area contributed by atoms with Crippen molar-refractivity contribution in [2.75, 3.05) is 25.0 Å². The van der Waals surface area contributed by atoms with Gasteiger partial charge >= 0.3 is 5.97 Å². The summed E-state index contributed by atoms with van der Waals surface area (Å²) < 4.78 is 72.3. The standard InChI is InChI=1S/C21H16F2N2O6S/c1-29-20-19-9-13(11-24-20)21(26)31-7-6-30-18-5-3-14(22)10-15(18)12-2-4-16(23)17(8-12)25-32(19,27)28/h2-5,8-11,25H,6-7H2,1H3. The molecule has 0 saturated carbocycles. The molecule has 0 fully saturated rings. The Balaban J connectivity index is 1.90. The van der Waals surface area contributed by atoms with Crippen LogP contribution in [-0.4, -0.2) is 39.7 Å². The van der Waals surface area contributed by atoms with Crippen molar-refractivity contribution in [3.8, 4) is 22.8 Å². The van der Waals surface area contributed by atoms with Crippen LogP contribution in [0.4, 0.5) is 14.5 Å². The number of fused-ring (bicyclic) bond motifs is 6. The maximum absolute atomic E-state index is 14.5. The molecule has 4 rings (SSSR count). The molecule has 11 heteroatoms. The number of pyridine rings is 1. The summed E-state index contributed by atoms with van der Waals surface area (Å²) >= 11 is 0. The number of anilines is 1. The first-order valence-electron chi connectivity index (χ1n) is 9.25. The van der Waals surface area contributed by atoms with Crippen LogP contribution in [0.1, 0.15) is 10.4 Å². The number of carbonyl (C=O) groups excluding carboxylic acids is 1. The summed E-state index contributed by atoms with van der Waals surface area (Å²) in [5.74, 6) is -2.36. The van der Waals surface area contributed by atoms with Crippen molar-refractivity contribution in [1.29, 1.82) is 0 Å². The Hall–Kier alpha value is -3.73. The number of aromatic nitrogens is 1. The van der Waals surface area contributed by atoms with Crippen molar-refractivity contribution < 1.29 is 36.2 Å². The highest BCUT2D eigenvalue weighted by atomic mass is 32.2. The molecule has 1 aliphatic heterocycles. The lowest BCUT2D eigenvalue weighted by Crippen LogP contribution is -2.17. The molecule has 0 spiro atoms. The van der Waals surface area contributed by atoms with Crippen LogP contribution in [0.5, 0.6) is 11.6 Å². The van der Waals surface area contributed by atoms with Crippen molar-refractivity contribution in [2.45, 2.75) is 4.90 Å². The number of sulfonamides is 1. The number of hydrogen-bond donors (Lipinski definition) is 1. The first-order chi connectivity index (χ1) is 15.3. The Morgan fingerprint density at radius 1 is 1.03 bits per heavy atom. The molecule has 166 valence electrons. The maximum Gasteiger partial charge on any atom is 0.339 e. The van der Waals surface area contributed by atoms with Crippen molar-refractivity contribution >= 4 is 21.7 Å². The second-order valence-electron chi connectivity index (χ2n) is 6.66. The van der Waals surface area contributed by atoms with Gasteiger partial charge in [-0.2, -0.15) is 0 Å². The van der Waals surface area contributed by atoms with Crippen LogP contribution >= 0.6 is 0 Å². The van der Waals surface area contributed by atoms with Crippen molar-refractivity contribution in [3.63, 3.8) is 0 Å². The number of nitrogens with zero attached hydrogens (tertiary/aromatic N) is 1. The van der Waals surface area contributed by atoms with Crippen molar-refractivity contribution in [2.24, 2.45) is 0 Å². The van der Waals surface area contributed by atoms with Gasteiger partial charge in [-0.15, -0.1) is 0 Å². The van der Waals surface area contributed by atoms with E-state index < -0.39 is 38.2 Å². The summed E-state index contributed by atoms with van der Waals surface area (Å²) in [6.07, 6.45) is 1.10. The van der Waals surface area contributed by atoms with Gasteiger partial charge in [-0.25, -0.2) is 27.0 Å². The molecule has 0 radical (unpaired) electrons. The summed E-state index contributed by atoms with van der Waals surface area (Å²) in [6, 6.07) is 8.34. The largest absolute Gasteiger partial charge is 0.489 e. The Kier molecular flexibility index (Phi) is 5.66. The van der Waals surface area contributed by atoms with Gasteiger partial charge in [-0.3, -0.25) is 4.72 Å². The minimum absolute atomic E-state index is 0.0641. The number of cyclic esters (lactones) is 1. The smallest absolute Gasteiger partial charge is 0.339 e. The lowest BCUT2D eigenvalue weighted by atomic mass is 10.0. The summed E-state index contributed by atoms with van der Waals surface area (Å²) in [5, 5.41) is 0. The monoisotopic (exact) mass is 462 g/mol. The van der Waals surface area contributed by atoms with E-state index in [9.17, 15) is 22.0 Å². The summed E-state index contributed by atoms with van der Waals surface area (Å²) in [7, 11) is -3.24. The fraction of sp³-hybridized carbons (Fsp3) is 0.143. The highest BCUT2D eigenvalue weighted by molar-refractivity contribution is 7.92. The minimum atomic E-state index is -4.44. The second-order valence-corrected chi connectivity index (χ2v) is 8.31. The molecular formula is C21H16F2N2O6S. The van der Waals surface area contributed by atoms with Crippen LogP contribution in [-0.2, 0) is 14.8 Å². The van der Waals surface area contributed by atoms with Crippen molar-refractivity contribution in [1.82, 2.24) is 4.98 Å². The predicted octanol–water partition coefficient (Wildman–Crippen LogP) is 3.39. The van der Waals surface area contributed by atoms with E-state index in [1.165, 1.54) is 37.4 Å². The molecule has 1 aromatic heterocycles. The topological polar surface area (TPSA) is 104 Å². The molecular weight excluding hydrogens is 446 g/mol. The number of halogens is 2. The minimum Gasteiger partial charge on any atom is -0.489 e. The van der Waals surface area contributed by atoms with E-state index in [1.807, 2.05) is 0 Å². The van der Waals surface area contributed by atoms with E-state index in [0.717, 1.165) is 18.3 Å². The number of methoxy groups -OCH3 is 1. The zero-order chi connectivity index (χ0) is 22.9. The Bertz CT molecular complexity index is 1310. The average molecular weight is 462 g/mol. The number of ether oxygens (including phenoxy) is 3. The molecule has 0 atom stereocenters. The first kappa shape index (κ1) is 21.5. The fourth-order valence-corrected chi connectivity index (χ4v) is 4.29. The number of nitrogens with one attached hydrogen (secondary N) is 1. The average Bonchev–Trinajstić information content (AvgIpc) is 2.77. The van der Waals surface area contributed by atoms with E-state index in [1.54, 1.807) is 0 Å². The van der Waals surface area contributed by atoms with Gasteiger partial charge in [0.25, 0.3) is 10.0 Å². The quantitative estimate of drug-likeness (QED) is 0.553. The molecule has 0 aliphatic carbocycles. The first-order valence-corrected chi connectivity index (χ1v) is 10.7. The molecule has 1 aliphatic rings. The van der Waals surface area contributed by atoms with Crippen molar-refractivity contribution in [3.05, 3.63) is 65.9 Å². The Labute approximate surface area is 181 Å². The van der Waals surface area contributed by atoms with E-state index in [0.29, 0.717) is 5.56 Å². The molecule has 1 N–H and O–H groups in total. The van der Waals surface area contributed by atoms with Gasteiger partial charge in [0.2, 0.25) is 5.88 Å². The van der Waals surface area contributed by atoms with E-state index in [4.69, 9.17) is 14.2 Å². The van der Waals surface area contributed by atoms with Gasteiger partial charge in [0.15, 0.2) is 4.90 Å². The van der Waals surface area contributed by atoms with Gasteiger partial charge in [-0.05, 0) is 42.0 Å². The van der Waals surface area contributed by atoms with Crippen LogP contribution in [0.15, 0.2) is 53.6 Å². The molecule has 0 saturated heterocycles. The van der Waals surface area contributed by atoms with Crippen LogP contribution in [0, 0.1) is 11.6 Å². The molecule has 0 unspecified atom stereocenters. The second kappa shape index (κ2) is 8.42. The van der Waals surface area contributed by atoms with Gasteiger partial charge < -0.3 is 14.2 Å². The molecule has 8 nitrogen and oxygen atoms in total. The van der Waals surface area contributed by atoms with E-state index in [-0.39, 0.29) is 36.0 Å². The summed E-state index contributed by atoms with van der Waals surface area (Å²) in [4.78, 5) is 15.7. The fourth-order valence-electron chi connectivity index (χ4n) is 3.08. The van der Waals surface area contributed by atoms with Crippen LogP contribution in [0.2, 0.25) is 0 Å². The van der Waals surface area contributed by atoms with Gasteiger partial charge in [0.05, 0.1) is 18.4 Å². The third kappa shape index (κ3) is 4.19. The SMILES string of the molecule is COc1ncc2cc1S(=O)(=O)Nc1cc(ccc1F)-c1cc(F)ccc1OCCOC2=O. The van der Waals surface area contributed by atoms with E-state index in [2.05, 4.69) is 9.71 Å². The lowest BCUT2D eigenvalue weighted by molar-refractivity contribution is 0.0450. The van der Waals surface area contributed by atoms with Crippen LogP contribution < -0.4 is 14.2 Å². The third-order valence-electron chi connectivity index (χ3n) is 4.57. The number of carbonyl (C=O) groups is 1. The molecule has 2 aromatic carbocycles. The molecule has 4 bridgehead atoms. The lowest BCUT2D eigenvalue weighted by Gasteiger charge is -2.14. The maximum atomic E-state index is 14.5. The predicted molar refractivity (Wildman–Crippen MR) is 109 cm³/mol. The molecule has 0 amide bonds. The Morgan fingerprint density at radius 2 is 1.81 bits per heavy atom. The number of rotatable bonds is 1. The highest BCUT2D eigenvalue weighted by Crippen LogP contribution is 2.34. The number of esters is 1. The highest BCUT2D eigenvalue weighted by Gasteiger charge is 2.25. The number of benzene rings is 2. The Morgan fingerprint density at radius 3 is 2.59 bits per heavy atom. The van der Waals surface area contributed by atoms with E-state index >= 15 is 0 Å². The van der Waals surface area contributed by atoms with Gasteiger partial charge in [-0.1, -0.05) is 6.07 Å². The normalized spacial score (nSPS) is 15.2. The number of hydrogen-bond acceptors (Lipinski definition) is 7. The van der Waals surface area contributed by atoms with Crippen LogP contribution in [0.25, 0.3) is 11.1 Å². The van der Waals surface area contributed by atoms with Gasteiger partial charge in [0, 0.05) is 11.8 Å². The molecule has 3 aromatic rings.